The van der Waals surface area contributed by atoms with Crippen molar-refractivity contribution in [1.29, 1.82) is 0 Å². The average Bonchev–Trinajstić information content (AvgIpc) is 2.89. The molecule has 0 spiro atoms. The molecule has 0 amide bonds. The van der Waals surface area contributed by atoms with Crippen molar-refractivity contribution in [3.8, 4) is 0 Å². The summed E-state index contributed by atoms with van der Waals surface area (Å²) in [6.07, 6.45) is 8.84. The van der Waals surface area contributed by atoms with Gasteiger partial charge in [0.1, 0.15) is 0 Å². The van der Waals surface area contributed by atoms with Crippen molar-refractivity contribution in [2.75, 3.05) is 26.4 Å². The molecule has 5 nitrogen and oxygen atoms in total. The molecule has 1 aliphatic heterocycles. The highest BCUT2D eigenvalue weighted by Gasteiger charge is 2.40. The molecule has 1 unspecified atom stereocenters. The molecule has 0 saturated heterocycles. The first-order valence-corrected chi connectivity index (χ1v) is 9.94. The molecule has 21 heavy (non-hydrogen) atoms. The van der Waals surface area contributed by atoms with Crippen LogP contribution in [-0.2, 0) is 13.3 Å². The number of hydrogen-bond donors (Lipinski definition) is 1. The van der Waals surface area contributed by atoms with Crippen LogP contribution < -0.4 is 5.73 Å². The van der Waals surface area contributed by atoms with Crippen LogP contribution >= 0.6 is 0 Å². The molecule has 0 aromatic rings. The van der Waals surface area contributed by atoms with Crippen LogP contribution in [0.2, 0.25) is 6.04 Å². The predicted molar refractivity (Wildman–Crippen MR) is 88.7 cm³/mol. The lowest BCUT2D eigenvalue weighted by Gasteiger charge is -2.30. The minimum absolute atomic E-state index is 0.125. The number of nitrogens with two attached hydrogens (primary N) is 1. The summed E-state index contributed by atoms with van der Waals surface area (Å²) in [5.74, 6) is 0. The van der Waals surface area contributed by atoms with E-state index in [0.717, 1.165) is 25.3 Å². The first kappa shape index (κ1) is 18.5. The van der Waals surface area contributed by atoms with Crippen LogP contribution in [-0.4, -0.2) is 46.9 Å². The Bertz CT molecular complexity index is 319. The molecule has 1 rings (SSSR count). The zero-order chi connectivity index (χ0) is 15.6. The third-order valence-electron chi connectivity index (χ3n) is 3.59. The van der Waals surface area contributed by atoms with Gasteiger partial charge in [0.25, 0.3) is 0 Å². The van der Waals surface area contributed by atoms with Crippen LogP contribution in [0, 0.1) is 0 Å². The Morgan fingerprint density at radius 1 is 1.05 bits per heavy atom. The molecule has 6 heteroatoms. The van der Waals surface area contributed by atoms with E-state index in [4.69, 9.17) is 19.0 Å². The van der Waals surface area contributed by atoms with Gasteiger partial charge in [-0.2, -0.15) is 0 Å². The highest BCUT2D eigenvalue weighted by Crippen LogP contribution is 2.30. The van der Waals surface area contributed by atoms with Gasteiger partial charge in [-0.25, -0.2) is 0 Å². The lowest BCUT2D eigenvalue weighted by atomic mass is 9.91. The van der Waals surface area contributed by atoms with Crippen LogP contribution in [0.4, 0.5) is 0 Å². The van der Waals surface area contributed by atoms with E-state index in [1.54, 1.807) is 0 Å². The van der Waals surface area contributed by atoms with Gasteiger partial charge in [-0.1, -0.05) is 6.08 Å². The first-order chi connectivity index (χ1) is 10.2. The van der Waals surface area contributed by atoms with Crippen LogP contribution in [0.3, 0.4) is 0 Å². The van der Waals surface area contributed by atoms with E-state index in [1.165, 1.54) is 0 Å². The number of nitrogens with zero attached hydrogens (tertiary/aromatic N) is 1. The summed E-state index contributed by atoms with van der Waals surface area (Å²) in [7, 11) is -2.53. The maximum absolute atomic E-state index is 5.88. The molecule has 0 bridgehead atoms. The largest absolute Gasteiger partial charge is 0.500 e. The van der Waals surface area contributed by atoms with Gasteiger partial charge in [0.15, 0.2) is 0 Å². The summed E-state index contributed by atoms with van der Waals surface area (Å²) < 4.78 is 17.6. The molecule has 1 atom stereocenters. The Hall–Kier alpha value is -0.533. The quantitative estimate of drug-likeness (QED) is 0.562. The van der Waals surface area contributed by atoms with Crippen molar-refractivity contribution in [2.45, 2.75) is 51.6 Å². The highest BCUT2D eigenvalue weighted by atomic mass is 28.4. The lowest BCUT2D eigenvalue weighted by Crippen LogP contribution is -2.46. The Kier molecular flexibility index (Phi) is 8.36. The zero-order valence-electron chi connectivity index (χ0n) is 13.6. The Morgan fingerprint density at radius 2 is 1.67 bits per heavy atom. The van der Waals surface area contributed by atoms with E-state index >= 15 is 0 Å². The van der Waals surface area contributed by atoms with Gasteiger partial charge >= 0.3 is 8.80 Å². The molecule has 1 aliphatic rings. The summed E-state index contributed by atoms with van der Waals surface area (Å²) in [4.78, 5) is 4.59. The van der Waals surface area contributed by atoms with Gasteiger partial charge in [-0.3, -0.25) is 4.99 Å². The molecule has 1 heterocycles. The van der Waals surface area contributed by atoms with Crippen LogP contribution in [0.15, 0.2) is 17.1 Å². The van der Waals surface area contributed by atoms with E-state index in [2.05, 4.69) is 11.1 Å². The summed E-state index contributed by atoms with van der Waals surface area (Å²) in [6.45, 7) is 8.47. The van der Waals surface area contributed by atoms with Crippen molar-refractivity contribution in [3.63, 3.8) is 0 Å². The van der Waals surface area contributed by atoms with Gasteiger partial charge in [0.2, 0.25) is 0 Å². The second-order valence-corrected chi connectivity index (χ2v) is 7.85. The molecule has 0 saturated carbocycles. The molecule has 0 aromatic carbocycles. The van der Waals surface area contributed by atoms with Gasteiger partial charge in [0, 0.05) is 32.1 Å². The first-order valence-electron chi connectivity index (χ1n) is 8.01. The second kappa shape index (κ2) is 9.48. The van der Waals surface area contributed by atoms with Crippen molar-refractivity contribution < 1.29 is 13.3 Å². The molecular formula is C15H30N2O3Si. The molecule has 2 N–H and O–H groups in total. The minimum Gasteiger partial charge on any atom is -0.374 e. The second-order valence-electron chi connectivity index (χ2n) is 5.12. The van der Waals surface area contributed by atoms with Gasteiger partial charge in [-0.15, -0.1) is 0 Å². The fraction of sp³-hybridized carbons (Fsp3) is 0.800. The van der Waals surface area contributed by atoms with Crippen LogP contribution in [0.5, 0.6) is 0 Å². The Balaban J connectivity index is 2.59. The average molecular weight is 315 g/mol. The standard InChI is InChI=1S/C15H30N2O3Si/c1-4-18-21(19-5-2,20-6-3)14-8-10-15(11-12-16)9-7-13-17-15/h7,9,13H,4-6,8,10-12,14,16H2,1-3H3. The molecule has 0 aliphatic carbocycles. The van der Waals surface area contributed by atoms with Crippen molar-refractivity contribution >= 4 is 15.0 Å². The molecule has 0 radical (unpaired) electrons. The van der Waals surface area contributed by atoms with E-state index in [-0.39, 0.29) is 5.54 Å². The van der Waals surface area contributed by atoms with Gasteiger partial charge in [-0.05, 0) is 52.7 Å². The van der Waals surface area contributed by atoms with Gasteiger partial charge < -0.3 is 19.0 Å². The van der Waals surface area contributed by atoms with Crippen molar-refractivity contribution in [3.05, 3.63) is 12.2 Å². The van der Waals surface area contributed by atoms with E-state index in [1.807, 2.05) is 33.1 Å². The molecule has 122 valence electrons. The minimum atomic E-state index is -2.53. The maximum Gasteiger partial charge on any atom is 0.500 e. The van der Waals surface area contributed by atoms with E-state index in [9.17, 15) is 0 Å². The maximum atomic E-state index is 5.88. The monoisotopic (exact) mass is 314 g/mol. The van der Waals surface area contributed by atoms with E-state index < -0.39 is 8.80 Å². The lowest BCUT2D eigenvalue weighted by molar-refractivity contribution is 0.0704. The highest BCUT2D eigenvalue weighted by molar-refractivity contribution is 6.60. The summed E-state index contributed by atoms with van der Waals surface area (Å²) in [5, 5.41) is 0. The topological polar surface area (TPSA) is 66.1 Å². The summed E-state index contributed by atoms with van der Waals surface area (Å²) in [5.41, 5.74) is 5.60. The van der Waals surface area contributed by atoms with Crippen molar-refractivity contribution in [2.24, 2.45) is 10.7 Å². The van der Waals surface area contributed by atoms with Crippen molar-refractivity contribution in [1.82, 2.24) is 0 Å². The van der Waals surface area contributed by atoms with E-state index in [0.29, 0.717) is 26.4 Å². The molecule has 0 aromatic heterocycles. The summed E-state index contributed by atoms with van der Waals surface area (Å²) >= 11 is 0. The van der Waals surface area contributed by atoms with Gasteiger partial charge in [0.05, 0.1) is 5.54 Å². The number of aliphatic imine (C=N–C) groups is 1. The molecule has 0 fully saturated rings. The SMILES string of the molecule is CCO[Si](CCCC1(CCN)C=CC=N1)(OCC)OCC. The third kappa shape index (κ3) is 5.63. The Labute approximate surface area is 129 Å². The third-order valence-corrected chi connectivity index (χ3v) is 6.74. The summed E-state index contributed by atoms with van der Waals surface area (Å²) in [6, 6.07) is 0.832. The van der Waals surface area contributed by atoms with Crippen LogP contribution in [0.25, 0.3) is 0 Å². The number of rotatable bonds is 12. The smallest absolute Gasteiger partial charge is 0.374 e. The number of hydrogen-bond acceptors (Lipinski definition) is 5. The fourth-order valence-electron chi connectivity index (χ4n) is 2.74. The number of allylic oxidation sites excluding steroid dienone is 1. The predicted octanol–water partition coefficient (Wildman–Crippen LogP) is 2.54. The Morgan fingerprint density at radius 3 is 2.10 bits per heavy atom. The normalized spacial score (nSPS) is 21.3. The zero-order valence-corrected chi connectivity index (χ0v) is 14.6. The fourth-order valence-corrected chi connectivity index (χ4v) is 5.35. The van der Waals surface area contributed by atoms with Crippen LogP contribution in [0.1, 0.15) is 40.0 Å². The molecular weight excluding hydrogens is 284 g/mol.